The zero-order chi connectivity index (χ0) is 13.9. The molecule has 0 saturated heterocycles. The molecule has 2 aromatic heterocycles. The van der Waals surface area contributed by atoms with Crippen molar-refractivity contribution in [3.05, 3.63) is 53.7 Å². The van der Waals surface area contributed by atoms with E-state index < -0.39 is 0 Å². The number of furan rings is 1. The van der Waals surface area contributed by atoms with Crippen molar-refractivity contribution < 1.29 is 13.2 Å². The zero-order valence-electron chi connectivity index (χ0n) is 10.7. The number of hydrogen-bond donors (Lipinski definition) is 0. The third-order valence-corrected chi connectivity index (χ3v) is 3.64. The molecule has 0 N–H and O–H groups in total. The van der Waals surface area contributed by atoms with Gasteiger partial charge >= 0.3 is 0 Å². The summed E-state index contributed by atoms with van der Waals surface area (Å²) in [5.41, 5.74) is 1.66. The second-order valence-electron chi connectivity index (χ2n) is 4.18. The lowest BCUT2D eigenvalue weighted by Crippen LogP contribution is -1.82. The summed E-state index contributed by atoms with van der Waals surface area (Å²) in [4.78, 5) is 0. The summed E-state index contributed by atoms with van der Waals surface area (Å²) >= 11 is 1.37. The van der Waals surface area contributed by atoms with E-state index in [4.69, 9.17) is 8.83 Å². The zero-order valence-corrected chi connectivity index (χ0v) is 11.5. The largest absolute Gasteiger partial charge is 0.469 e. The maximum atomic E-state index is 13.1. The molecule has 0 unspecified atom stereocenters. The van der Waals surface area contributed by atoms with Crippen molar-refractivity contribution in [2.24, 2.45) is 0 Å². The van der Waals surface area contributed by atoms with Crippen molar-refractivity contribution in [3.63, 3.8) is 0 Å². The van der Waals surface area contributed by atoms with Gasteiger partial charge in [0.25, 0.3) is 11.1 Å². The Bertz CT molecular complexity index is 723. The number of benzene rings is 1. The average molecular weight is 290 g/mol. The van der Waals surface area contributed by atoms with Crippen molar-refractivity contribution in [2.45, 2.75) is 17.9 Å². The van der Waals surface area contributed by atoms with E-state index in [0.717, 1.165) is 16.9 Å². The molecule has 102 valence electrons. The summed E-state index contributed by atoms with van der Waals surface area (Å²) in [5.74, 6) is 1.49. The smallest absolute Gasteiger partial charge is 0.277 e. The highest BCUT2D eigenvalue weighted by atomic mass is 32.2. The van der Waals surface area contributed by atoms with Crippen LogP contribution in [0.2, 0.25) is 0 Å². The van der Waals surface area contributed by atoms with Gasteiger partial charge in [-0.1, -0.05) is 23.9 Å². The van der Waals surface area contributed by atoms with Gasteiger partial charge < -0.3 is 8.83 Å². The summed E-state index contributed by atoms with van der Waals surface area (Å²) in [7, 11) is 0. The maximum Gasteiger partial charge on any atom is 0.277 e. The summed E-state index contributed by atoms with van der Waals surface area (Å²) < 4.78 is 23.8. The second-order valence-corrected chi connectivity index (χ2v) is 5.11. The highest BCUT2D eigenvalue weighted by molar-refractivity contribution is 7.98. The Balaban J connectivity index is 1.70. The van der Waals surface area contributed by atoms with Crippen LogP contribution >= 0.6 is 11.8 Å². The van der Waals surface area contributed by atoms with E-state index in [2.05, 4.69) is 10.2 Å². The molecule has 20 heavy (non-hydrogen) atoms. The van der Waals surface area contributed by atoms with E-state index in [0.29, 0.717) is 16.9 Å². The van der Waals surface area contributed by atoms with Crippen molar-refractivity contribution in [1.29, 1.82) is 0 Å². The summed E-state index contributed by atoms with van der Waals surface area (Å²) in [6.45, 7) is 1.83. The summed E-state index contributed by atoms with van der Waals surface area (Å²) in [6, 6.07) is 8.22. The number of hydrogen-bond acceptors (Lipinski definition) is 5. The molecule has 0 aliphatic rings. The predicted octanol–water partition coefficient (Wildman–Crippen LogP) is 4.07. The molecule has 0 atom stereocenters. The van der Waals surface area contributed by atoms with Crippen LogP contribution in [-0.4, -0.2) is 10.2 Å². The molecule has 3 rings (SSSR count). The highest BCUT2D eigenvalue weighted by Gasteiger charge is 2.13. The molecule has 0 saturated carbocycles. The van der Waals surface area contributed by atoms with Crippen LogP contribution in [0.25, 0.3) is 11.5 Å². The number of thioether (sulfide) groups is 1. The molecule has 0 aliphatic carbocycles. The van der Waals surface area contributed by atoms with Gasteiger partial charge in [0.1, 0.15) is 11.6 Å². The van der Waals surface area contributed by atoms with Gasteiger partial charge in [-0.3, -0.25) is 0 Å². The molecular weight excluding hydrogens is 279 g/mol. The third-order valence-electron chi connectivity index (χ3n) is 2.75. The van der Waals surface area contributed by atoms with Gasteiger partial charge in [-0.25, -0.2) is 4.39 Å². The minimum Gasteiger partial charge on any atom is -0.469 e. The molecule has 6 heteroatoms. The van der Waals surface area contributed by atoms with Gasteiger partial charge in [0.15, 0.2) is 0 Å². The minimum absolute atomic E-state index is 0.247. The Kier molecular flexibility index (Phi) is 3.56. The normalized spacial score (nSPS) is 10.9. The number of aryl methyl sites for hydroxylation is 1. The first-order chi connectivity index (χ1) is 9.72. The molecule has 0 fully saturated rings. The van der Waals surface area contributed by atoms with E-state index in [1.807, 2.05) is 13.0 Å². The second kappa shape index (κ2) is 5.50. The first-order valence-electron chi connectivity index (χ1n) is 5.97. The highest BCUT2D eigenvalue weighted by Crippen LogP contribution is 2.27. The fraction of sp³-hybridized carbons (Fsp3) is 0.143. The Morgan fingerprint density at radius 3 is 2.90 bits per heavy atom. The van der Waals surface area contributed by atoms with Crippen LogP contribution in [0.4, 0.5) is 4.39 Å². The monoisotopic (exact) mass is 290 g/mol. The first kappa shape index (κ1) is 12.9. The van der Waals surface area contributed by atoms with Crippen LogP contribution in [0.3, 0.4) is 0 Å². The number of rotatable bonds is 4. The van der Waals surface area contributed by atoms with E-state index in [-0.39, 0.29) is 5.82 Å². The van der Waals surface area contributed by atoms with Gasteiger partial charge in [-0.2, -0.15) is 0 Å². The lowest BCUT2D eigenvalue weighted by molar-refractivity contribution is 0.463. The Labute approximate surface area is 119 Å². The molecule has 4 nitrogen and oxygen atoms in total. The number of aromatic nitrogens is 2. The number of halogens is 1. The van der Waals surface area contributed by atoms with Crippen LogP contribution in [0.15, 0.2) is 50.7 Å². The third kappa shape index (κ3) is 2.75. The van der Waals surface area contributed by atoms with Gasteiger partial charge in [-0.15, -0.1) is 10.2 Å². The number of nitrogens with zero attached hydrogens (tertiary/aromatic N) is 2. The SMILES string of the molecule is Cc1occc1-c1nnc(SCc2cccc(F)c2)o1. The van der Waals surface area contributed by atoms with Crippen molar-refractivity contribution in [3.8, 4) is 11.5 Å². The van der Waals surface area contributed by atoms with Crippen molar-refractivity contribution >= 4 is 11.8 Å². The summed E-state index contributed by atoms with van der Waals surface area (Å²) in [6.07, 6.45) is 1.58. The van der Waals surface area contributed by atoms with Crippen molar-refractivity contribution in [2.75, 3.05) is 0 Å². The Morgan fingerprint density at radius 2 is 2.15 bits per heavy atom. The molecule has 0 aliphatic heterocycles. The van der Waals surface area contributed by atoms with Crippen LogP contribution in [0, 0.1) is 12.7 Å². The van der Waals surface area contributed by atoms with Crippen LogP contribution in [0.1, 0.15) is 11.3 Å². The molecule has 0 radical (unpaired) electrons. The van der Waals surface area contributed by atoms with Crippen LogP contribution in [-0.2, 0) is 5.75 Å². The molecule has 0 spiro atoms. The van der Waals surface area contributed by atoms with Crippen molar-refractivity contribution in [1.82, 2.24) is 10.2 Å². The summed E-state index contributed by atoms with van der Waals surface area (Å²) in [5, 5.41) is 8.39. The van der Waals surface area contributed by atoms with Crippen LogP contribution in [0.5, 0.6) is 0 Å². The maximum absolute atomic E-state index is 13.1. The van der Waals surface area contributed by atoms with E-state index >= 15 is 0 Å². The minimum atomic E-state index is -0.247. The van der Waals surface area contributed by atoms with E-state index in [1.165, 1.54) is 23.9 Å². The van der Waals surface area contributed by atoms with Crippen LogP contribution < -0.4 is 0 Å². The van der Waals surface area contributed by atoms with Gasteiger partial charge in [0, 0.05) is 5.75 Å². The molecule has 2 heterocycles. The average Bonchev–Trinajstić information content (AvgIpc) is 3.05. The standard InChI is InChI=1S/C14H11FN2O2S/c1-9-12(5-6-18-9)13-16-17-14(19-13)20-8-10-3-2-4-11(15)7-10/h2-7H,8H2,1H3. The topological polar surface area (TPSA) is 52.1 Å². The Hall–Kier alpha value is -2.08. The molecular formula is C14H11FN2O2S. The molecule has 0 amide bonds. The van der Waals surface area contributed by atoms with E-state index in [9.17, 15) is 4.39 Å². The fourth-order valence-electron chi connectivity index (χ4n) is 1.76. The predicted molar refractivity (Wildman–Crippen MR) is 72.7 cm³/mol. The quantitative estimate of drug-likeness (QED) is 0.678. The Morgan fingerprint density at radius 1 is 1.25 bits per heavy atom. The van der Waals surface area contributed by atoms with Gasteiger partial charge in [0.05, 0.1) is 11.8 Å². The first-order valence-corrected chi connectivity index (χ1v) is 6.96. The van der Waals surface area contributed by atoms with Gasteiger partial charge in [-0.05, 0) is 30.7 Å². The molecule has 0 bridgehead atoms. The van der Waals surface area contributed by atoms with Gasteiger partial charge in [0.2, 0.25) is 0 Å². The fourth-order valence-corrected chi connectivity index (χ4v) is 2.46. The van der Waals surface area contributed by atoms with E-state index in [1.54, 1.807) is 18.4 Å². The molecule has 3 aromatic rings. The lowest BCUT2D eigenvalue weighted by Gasteiger charge is -1.97. The molecule has 1 aromatic carbocycles. The lowest BCUT2D eigenvalue weighted by atomic mass is 10.2.